The van der Waals surface area contributed by atoms with Gasteiger partial charge in [-0.3, -0.25) is 0 Å². The Bertz CT molecular complexity index is 8930. The molecule has 0 N–H and O–H groups in total. The Morgan fingerprint density at radius 3 is 1.27 bits per heavy atom. The fourth-order valence-electron chi connectivity index (χ4n) is 26.2. The number of hydrogen-bond acceptors (Lipinski definition) is 2. The van der Waals surface area contributed by atoms with Gasteiger partial charge in [0, 0.05) is 56.9 Å². The number of rotatable bonds is 11. The van der Waals surface area contributed by atoms with Gasteiger partial charge in [-0.25, -0.2) is 0 Å². The SMILES string of the molecule is CC1(C)c2ccccc2-c2ccc(N(c3ccc(-c4cc5c6ccccc6c6ccccc6c5c5cc(-c6ccc7c(c6)c6ccccc6c6cccc(-c8ccc(N(c9ccc(-c%10ccccc%10)cc9)c9cccc(-c%10ccccc%10)c9)c9c8C8c%10ccccc%10C9c9ccccc98)c67)ccc45)c4c3C3c5ccccc5C35c3ccccc3C45)c3cccc4ccccc34)cc21. The van der Waals surface area contributed by atoms with Crippen LogP contribution in [0.4, 0.5) is 34.1 Å². The van der Waals surface area contributed by atoms with Gasteiger partial charge in [-0.05, 0) is 298 Å². The summed E-state index contributed by atoms with van der Waals surface area (Å²) < 4.78 is 0. The first-order valence-electron chi connectivity index (χ1n) is 46.8. The van der Waals surface area contributed by atoms with Gasteiger partial charge >= 0.3 is 0 Å². The van der Waals surface area contributed by atoms with Crippen LogP contribution in [-0.4, -0.2) is 0 Å². The summed E-state index contributed by atoms with van der Waals surface area (Å²) in [6.45, 7) is 4.84. The molecule has 7 aliphatic rings. The second-order valence-corrected chi connectivity index (χ2v) is 38.1. The highest BCUT2D eigenvalue weighted by Crippen LogP contribution is 2.80. The van der Waals surface area contributed by atoms with Gasteiger partial charge in [0.1, 0.15) is 0 Å². The zero-order valence-electron chi connectivity index (χ0n) is 72.9. The molecule has 0 aromatic heterocycles. The van der Waals surface area contributed by atoms with Crippen LogP contribution >= 0.6 is 0 Å². The largest absolute Gasteiger partial charge is 0.310 e. The van der Waals surface area contributed by atoms with E-state index in [9.17, 15) is 0 Å². The summed E-state index contributed by atoms with van der Waals surface area (Å²) in [5.41, 5.74) is 40.9. The summed E-state index contributed by atoms with van der Waals surface area (Å²) in [6, 6.07) is 173. The van der Waals surface area contributed by atoms with Crippen molar-refractivity contribution in [2.24, 2.45) is 0 Å². The summed E-state index contributed by atoms with van der Waals surface area (Å²) in [4.78, 5) is 5.24. The fourth-order valence-corrected chi connectivity index (χ4v) is 26.2. The molecule has 0 aliphatic heterocycles. The quantitative estimate of drug-likeness (QED) is 0.119. The Balaban J connectivity index is 0.657. The summed E-state index contributed by atoms with van der Waals surface area (Å²) >= 11 is 0. The highest BCUT2D eigenvalue weighted by Gasteiger charge is 2.70. The predicted molar refractivity (Wildman–Crippen MR) is 553 cm³/mol. The summed E-state index contributed by atoms with van der Waals surface area (Å²) in [6.07, 6.45) is 0. The third-order valence-electron chi connectivity index (χ3n) is 31.6. The molecule has 0 heterocycles. The second-order valence-electron chi connectivity index (χ2n) is 38.1. The zero-order chi connectivity index (χ0) is 86.5. The summed E-state index contributed by atoms with van der Waals surface area (Å²) in [5, 5.41) is 20.0. The summed E-state index contributed by atoms with van der Waals surface area (Å²) in [5.74, 6) is 0.0794. The van der Waals surface area contributed by atoms with E-state index in [4.69, 9.17) is 0 Å². The normalized spacial score (nSPS) is 16.8. The van der Waals surface area contributed by atoms with Gasteiger partial charge in [0.05, 0.1) is 17.1 Å². The van der Waals surface area contributed by atoms with Crippen LogP contribution in [-0.2, 0) is 10.8 Å². The molecule has 2 bridgehead atoms. The van der Waals surface area contributed by atoms with Crippen molar-refractivity contribution in [3.8, 4) is 66.8 Å². The topological polar surface area (TPSA) is 6.48 Å². The van der Waals surface area contributed by atoms with Crippen molar-refractivity contribution in [2.75, 3.05) is 9.80 Å². The van der Waals surface area contributed by atoms with Crippen molar-refractivity contribution in [1.29, 1.82) is 0 Å². The van der Waals surface area contributed by atoms with Gasteiger partial charge in [0.2, 0.25) is 0 Å². The minimum Gasteiger partial charge on any atom is -0.310 e. The van der Waals surface area contributed by atoms with Crippen LogP contribution in [0, 0.1) is 0 Å². The van der Waals surface area contributed by atoms with E-state index in [1.807, 2.05) is 0 Å². The molecule has 0 amide bonds. The smallest absolute Gasteiger partial charge is 0.0540 e. The van der Waals surface area contributed by atoms with Gasteiger partial charge in [-0.15, -0.1) is 0 Å². The van der Waals surface area contributed by atoms with E-state index in [-0.39, 0.29) is 34.5 Å². The van der Waals surface area contributed by atoms with Crippen LogP contribution in [0.25, 0.3) is 153 Å². The lowest BCUT2D eigenvalue weighted by Crippen LogP contribution is -2.52. The number of fused-ring (bicyclic) bond motifs is 25. The maximum absolute atomic E-state index is 2.68. The van der Waals surface area contributed by atoms with E-state index in [2.05, 4.69) is 473 Å². The standard InChI is InChI=1S/C130H84N2/c1-129(2)112-54-24-21-44-94(112)95-67-64-86(75-115(95)129)132(116-57-28-35-80-34-9-10-38-87(80)116)118-71-69-105(124-126(118)128-107-51-23-26-56-114(107)130(128)113-55-25-22-50-106(113)127(124)130)109-76-111-92-43-14-11-39-88(92)89-40-15-16-45-96(89)120(111)110-74-83(60-65-93(109)110)82-61-66-104-108(73-82)91-42-13-12-41-90(91)97-52-29-53-98(119(97)104)103-68-70-117(125-122-101-48-19-17-46-99(101)121(123(103)125)100-47-18-20-49-102(100)122)131(84-62-58-79(59-63-84)77-30-5-3-6-31-77)85-37-27-36-81(72-85)78-32-7-4-8-33-78/h3-76,121-122,127-128H,1-2H3. The molecule has 614 valence electrons. The third kappa shape index (κ3) is 10.0. The van der Waals surface area contributed by atoms with Gasteiger partial charge in [0.25, 0.3) is 0 Å². The Morgan fingerprint density at radius 1 is 0.189 bits per heavy atom. The number of hydrogen-bond donors (Lipinski definition) is 0. The van der Waals surface area contributed by atoms with E-state index in [0.717, 1.165) is 17.1 Å². The van der Waals surface area contributed by atoms with E-state index >= 15 is 0 Å². The van der Waals surface area contributed by atoms with Crippen molar-refractivity contribution in [2.45, 2.75) is 48.3 Å². The molecule has 23 aromatic rings. The maximum Gasteiger partial charge on any atom is 0.0540 e. The molecule has 7 aliphatic carbocycles. The van der Waals surface area contributed by atoms with Crippen LogP contribution in [0.15, 0.2) is 449 Å². The fraction of sp³-hybridized carbons (Fsp3) is 0.0615. The number of anilines is 6. The van der Waals surface area contributed by atoms with Gasteiger partial charge in [-0.2, -0.15) is 0 Å². The number of nitrogens with zero attached hydrogens (tertiary/aromatic N) is 2. The first-order valence-corrected chi connectivity index (χ1v) is 46.8. The van der Waals surface area contributed by atoms with Crippen LogP contribution < -0.4 is 9.80 Å². The molecule has 1 spiro atoms. The van der Waals surface area contributed by atoms with Crippen LogP contribution in [0.1, 0.15) is 115 Å². The molecule has 23 aromatic carbocycles. The Kier molecular flexibility index (Phi) is 15.4. The molecule has 2 heteroatoms. The minimum absolute atomic E-state index is 0.0447. The zero-order valence-corrected chi connectivity index (χ0v) is 72.9. The van der Waals surface area contributed by atoms with E-state index in [0.29, 0.717) is 0 Å². The molecule has 0 fully saturated rings. The lowest BCUT2D eigenvalue weighted by Gasteiger charge is -2.58. The lowest BCUT2D eigenvalue weighted by atomic mass is 9.43. The van der Waals surface area contributed by atoms with Crippen molar-refractivity contribution in [1.82, 2.24) is 0 Å². The lowest BCUT2D eigenvalue weighted by molar-refractivity contribution is 0.333. The molecular formula is C130H84N2. The molecular weight excluding hydrogens is 1590 g/mol. The summed E-state index contributed by atoms with van der Waals surface area (Å²) in [7, 11) is 0. The van der Waals surface area contributed by atoms with E-state index in [1.165, 1.54) is 248 Å². The van der Waals surface area contributed by atoms with Crippen molar-refractivity contribution in [3.63, 3.8) is 0 Å². The second kappa shape index (κ2) is 27.6. The Morgan fingerprint density at radius 2 is 0.598 bits per heavy atom. The van der Waals surface area contributed by atoms with Crippen molar-refractivity contribution >= 4 is 120 Å². The highest BCUT2D eigenvalue weighted by molar-refractivity contribution is 6.34. The molecule has 2 nitrogen and oxygen atoms in total. The predicted octanol–water partition coefficient (Wildman–Crippen LogP) is 34.4. The van der Waals surface area contributed by atoms with Crippen LogP contribution in [0.5, 0.6) is 0 Å². The monoisotopic (exact) mass is 1670 g/mol. The van der Waals surface area contributed by atoms with Crippen LogP contribution in [0.2, 0.25) is 0 Å². The third-order valence-corrected chi connectivity index (χ3v) is 31.6. The molecule has 3 unspecified atom stereocenters. The number of benzene rings is 23. The maximum atomic E-state index is 2.68. The first-order chi connectivity index (χ1) is 65.3. The molecule has 3 atom stereocenters. The van der Waals surface area contributed by atoms with Gasteiger partial charge in [-0.1, -0.05) is 390 Å². The average molecular weight is 1670 g/mol. The Labute approximate surface area is 766 Å². The van der Waals surface area contributed by atoms with Crippen LogP contribution in [0.3, 0.4) is 0 Å². The molecule has 0 saturated heterocycles. The van der Waals surface area contributed by atoms with E-state index in [1.54, 1.807) is 0 Å². The van der Waals surface area contributed by atoms with Gasteiger partial charge < -0.3 is 9.80 Å². The highest BCUT2D eigenvalue weighted by atomic mass is 15.2. The molecule has 132 heavy (non-hydrogen) atoms. The first kappa shape index (κ1) is 73.7. The molecule has 0 radical (unpaired) electrons. The average Bonchev–Trinajstić information content (AvgIpc) is 1.45. The van der Waals surface area contributed by atoms with Crippen molar-refractivity contribution in [3.05, 3.63) is 527 Å². The van der Waals surface area contributed by atoms with Gasteiger partial charge in [0.15, 0.2) is 0 Å². The minimum atomic E-state index is -0.264. The van der Waals surface area contributed by atoms with E-state index < -0.39 is 0 Å². The Hall–Kier alpha value is -16.3. The van der Waals surface area contributed by atoms with Crippen molar-refractivity contribution < 1.29 is 0 Å². The molecule has 0 saturated carbocycles. The molecule has 30 rings (SSSR count).